The molecule has 0 aliphatic rings. The zero-order chi connectivity index (χ0) is 18.8. The third-order valence-corrected chi connectivity index (χ3v) is 4.39. The first kappa shape index (κ1) is 23.4. The van der Waals surface area contributed by atoms with Crippen LogP contribution in [-0.2, 0) is 13.0 Å². The SMILES string of the molecule is CCNC(=NCc1ccc(OC)c(OC(F)F)c1)NCCc1cccs1.I. The van der Waals surface area contributed by atoms with E-state index in [4.69, 9.17) is 4.74 Å². The summed E-state index contributed by atoms with van der Waals surface area (Å²) in [4.78, 5) is 5.80. The van der Waals surface area contributed by atoms with Crippen LogP contribution >= 0.6 is 35.3 Å². The van der Waals surface area contributed by atoms with Gasteiger partial charge < -0.3 is 20.1 Å². The molecule has 0 spiro atoms. The highest BCUT2D eigenvalue weighted by atomic mass is 127. The van der Waals surface area contributed by atoms with E-state index in [-0.39, 0.29) is 35.5 Å². The second-order valence-electron chi connectivity index (χ2n) is 5.32. The van der Waals surface area contributed by atoms with Gasteiger partial charge in [0, 0.05) is 18.0 Å². The number of methoxy groups -OCH3 is 1. The van der Waals surface area contributed by atoms with E-state index in [2.05, 4.69) is 31.8 Å². The lowest BCUT2D eigenvalue weighted by Crippen LogP contribution is -2.38. The van der Waals surface area contributed by atoms with Crippen LogP contribution in [0.25, 0.3) is 0 Å². The van der Waals surface area contributed by atoms with Crippen molar-refractivity contribution < 1.29 is 18.3 Å². The number of rotatable bonds is 9. The minimum Gasteiger partial charge on any atom is -0.493 e. The van der Waals surface area contributed by atoms with Gasteiger partial charge in [0.1, 0.15) is 0 Å². The number of hydrogen-bond donors (Lipinski definition) is 2. The van der Waals surface area contributed by atoms with E-state index in [0.29, 0.717) is 12.5 Å². The molecule has 1 aromatic heterocycles. The van der Waals surface area contributed by atoms with E-state index in [1.165, 1.54) is 18.1 Å². The summed E-state index contributed by atoms with van der Waals surface area (Å²) in [5.74, 6) is 0.945. The van der Waals surface area contributed by atoms with Crippen molar-refractivity contribution in [2.45, 2.75) is 26.5 Å². The zero-order valence-corrected chi connectivity index (χ0v) is 18.4. The Kier molecular flexibility index (Phi) is 11.0. The first-order valence-corrected chi connectivity index (χ1v) is 9.16. The number of nitrogens with zero attached hydrogens (tertiary/aromatic N) is 1. The van der Waals surface area contributed by atoms with Gasteiger partial charge in [0.05, 0.1) is 13.7 Å². The molecule has 0 bridgehead atoms. The number of thiophene rings is 1. The van der Waals surface area contributed by atoms with Crippen molar-refractivity contribution in [1.29, 1.82) is 0 Å². The molecule has 0 aliphatic carbocycles. The summed E-state index contributed by atoms with van der Waals surface area (Å²) in [5, 5.41) is 8.49. The molecule has 0 aliphatic heterocycles. The predicted molar refractivity (Wildman–Crippen MR) is 116 cm³/mol. The average Bonchev–Trinajstić information content (AvgIpc) is 3.13. The second-order valence-corrected chi connectivity index (χ2v) is 6.35. The van der Waals surface area contributed by atoms with Crippen LogP contribution in [-0.4, -0.2) is 32.8 Å². The smallest absolute Gasteiger partial charge is 0.387 e. The summed E-state index contributed by atoms with van der Waals surface area (Å²) >= 11 is 1.72. The van der Waals surface area contributed by atoms with Crippen LogP contribution in [0, 0.1) is 0 Å². The second kappa shape index (κ2) is 12.7. The fourth-order valence-electron chi connectivity index (χ4n) is 2.28. The number of aliphatic imine (C=N–C) groups is 1. The Morgan fingerprint density at radius 2 is 2.04 bits per heavy atom. The van der Waals surface area contributed by atoms with Crippen LogP contribution in [0.2, 0.25) is 0 Å². The van der Waals surface area contributed by atoms with Crippen LogP contribution in [0.5, 0.6) is 11.5 Å². The van der Waals surface area contributed by atoms with Crippen molar-refractivity contribution in [1.82, 2.24) is 10.6 Å². The first-order valence-electron chi connectivity index (χ1n) is 8.28. The van der Waals surface area contributed by atoms with Gasteiger partial charge in [-0.25, -0.2) is 4.99 Å². The fraction of sp³-hybridized carbons (Fsp3) is 0.389. The maximum absolute atomic E-state index is 12.5. The van der Waals surface area contributed by atoms with E-state index in [0.717, 1.165) is 25.1 Å². The lowest BCUT2D eigenvalue weighted by Gasteiger charge is -2.12. The number of nitrogens with one attached hydrogen (secondary N) is 2. The van der Waals surface area contributed by atoms with Crippen molar-refractivity contribution >= 4 is 41.3 Å². The molecule has 0 fully saturated rings. The normalized spacial score (nSPS) is 11.1. The molecule has 0 radical (unpaired) electrons. The maximum atomic E-state index is 12.5. The van der Waals surface area contributed by atoms with Crippen molar-refractivity contribution in [3.05, 3.63) is 46.2 Å². The van der Waals surface area contributed by atoms with Crippen molar-refractivity contribution in [2.75, 3.05) is 20.2 Å². The highest BCUT2D eigenvalue weighted by Gasteiger charge is 2.11. The summed E-state index contributed by atoms with van der Waals surface area (Å²) in [6.45, 7) is 0.900. The van der Waals surface area contributed by atoms with Gasteiger partial charge >= 0.3 is 6.61 Å². The fourth-order valence-corrected chi connectivity index (χ4v) is 2.99. The lowest BCUT2D eigenvalue weighted by atomic mass is 10.2. The third kappa shape index (κ3) is 8.29. The third-order valence-electron chi connectivity index (χ3n) is 3.45. The molecular formula is C18H24F2IN3O2S. The van der Waals surface area contributed by atoms with E-state index in [1.807, 2.05) is 13.0 Å². The van der Waals surface area contributed by atoms with Gasteiger partial charge in [0.15, 0.2) is 17.5 Å². The van der Waals surface area contributed by atoms with Gasteiger partial charge in [-0.15, -0.1) is 35.3 Å². The molecule has 2 aromatic rings. The van der Waals surface area contributed by atoms with Crippen LogP contribution in [0.15, 0.2) is 40.7 Å². The average molecular weight is 511 g/mol. The lowest BCUT2D eigenvalue weighted by molar-refractivity contribution is -0.0512. The Bertz CT molecular complexity index is 700. The van der Waals surface area contributed by atoms with E-state index < -0.39 is 6.61 Å². The van der Waals surface area contributed by atoms with Gasteiger partial charge in [0.25, 0.3) is 0 Å². The first-order chi connectivity index (χ1) is 12.6. The predicted octanol–water partition coefficient (Wildman–Crippen LogP) is 4.27. The number of guanidine groups is 1. The molecule has 5 nitrogen and oxygen atoms in total. The van der Waals surface area contributed by atoms with Gasteiger partial charge in [0.2, 0.25) is 0 Å². The highest BCUT2D eigenvalue weighted by molar-refractivity contribution is 14.0. The quantitative estimate of drug-likeness (QED) is 0.300. The molecule has 1 heterocycles. The van der Waals surface area contributed by atoms with Gasteiger partial charge in [-0.1, -0.05) is 12.1 Å². The number of benzene rings is 1. The standard InChI is InChI=1S/C18H23F2N3O2S.HI/c1-3-21-18(22-9-8-14-5-4-10-26-14)23-12-13-6-7-15(24-2)16(11-13)25-17(19)20;/h4-7,10-11,17H,3,8-9,12H2,1-2H3,(H2,21,22,23);1H. The molecule has 2 rings (SSSR count). The van der Waals surface area contributed by atoms with Crippen LogP contribution < -0.4 is 20.1 Å². The Morgan fingerprint density at radius 1 is 1.22 bits per heavy atom. The van der Waals surface area contributed by atoms with E-state index in [1.54, 1.807) is 23.5 Å². The molecule has 0 amide bonds. The van der Waals surface area contributed by atoms with Gasteiger partial charge in [-0.05, 0) is 42.5 Å². The Balaban J connectivity index is 0.00000364. The number of ether oxygens (including phenoxy) is 2. The topological polar surface area (TPSA) is 54.9 Å². The Labute approximate surface area is 179 Å². The summed E-state index contributed by atoms with van der Waals surface area (Å²) < 4.78 is 34.6. The minimum atomic E-state index is -2.90. The Morgan fingerprint density at radius 3 is 2.67 bits per heavy atom. The summed E-state index contributed by atoms with van der Waals surface area (Å²) in [6, 6.07) is 9.01. The Hall–Kier alpha value is -1.62. The molecule has 0 atom stereocenters. The molecule has 9 heteroatoms. The molecule has 1 aromatic carbocycles. The molecule has 0 saturated carbocycles. The molecule has 0 unspecified atom stereocenters. The van der Waals surface area contributed by atoms with E-state index in [9.17, 15) is 8.78 Å². The molecule has 0 saturated heterocycles. The largest absolute Gasteiger partial charge is 0.493 e. The van der Waals surface area contributed by atoms with Crippen molar-refractivity contribution in [3.8, 4) is 11.5 Å². The van der Waals surface area contributed by atoms with Crippen molar-refractivity contribution in [3.63, 3.8) is 0 Å². The number of halogens is 3. The zero-order valence-electron chi connectivity index (χ0n) is 15.2. The number of alkyl halides is 2. The summed E-state index contributed by atoms with van der Waals surface area (Å²) in [7, 11) is 1.41. The minimum absolute atomic E-state index is 0. The van der Waals surface area contributed by atoms with Gasteiger partial charge in [-0.3, -0.25) is 0 Å². The van der Waals surface area contributed by atoms with Gasteiger partial charge in [-0.2, -0.15) is 8.78 Å². The molecular weight excluding hydrogens is 487 g/mol. The van der Waals surface area contributed by atoms with Crippen molar-refractivity contribution in [2.24, 2.45) is 4.99 Å². The number of hydrogen-bond acceptors (Lipinski definition) is 4. The van der Waals surface area contributed by atoms with Crippen LogP contribution in [0.3, 0.4) is 0 Å². The van der Waals surface area contributed by atoms with Crippen LogP contribution in [0.1, 0.15) is 17.4 Å². The van der Waals surface area contributed by atoms with E-state index >= 15 is 0 Å². The molecule has 27 heavy (non-hydrogen) atoms. The molecule has 150 valence electrons. The summed E-state index contributed by atoms with van der Waals surface area (Å²) in [5.41, 5.74) is 0.747. The summed E-state index contributed by atoms with van der Waals surface area (Å²) in [6.07, 6.45) is 0.914. The monoisotopic (exact) mass is 511 g/mol. The van der Waals surface area contributed by atoms with Crippen LogP contribution in [0.4, 0.5) is 8.78 Å². The highest BCUT2D eigenvalue weighted by Crippen LogP contribution is 2.29. The maximum Gasteiger partial charge on any atom is 0.387 e. The molecule has 2 N–H and O–H groups in total.